The Kier molecular flexibility index (Phi) is 3.12. The van der Waals surface area contributed by atoms with Crippen LogP contribution in [0.4, 0.5) is 0 Å². The van der Waals surface area contributed by atoms with E-state index < -0.39 is 0 Å². The zero-order valence-corrected chi connectivity index (χ0v) is 6.49. The van der Waals surface area contributed by atoms with Gasteiger partial charge in [-0.25, -0.2) is 4.36 Å². The molecule has 0 saturated heterocycles. The zero-order chi connectivity index (χ0) is 6.53. The van der Waals surface area contributed by atoms with Gasteiger partial charge in [0.1, 0.15) is 0 Å². The van der Waals surface area contributed by atoms with Gasteiger partial charge in [-0.05, 0) is 18.8 Å². The van der Waals surface area contributed by atoms with Gasteiger partial charge in [0, 0.05) is 12.4 Å². The number of hydrogen-bond donors (Lipinski definition) is 0. The third-order valence-electron chi connectivity index (χ3n) is 2.06. The minimum atomic E-state index is 0.830. The van der Waals surface area contributed by atoms with Gasteiger partial charge in [0.15, 0.2) is 0 Å². The van der Waals surface area contributed by atoms with E-state index in [4.69, 9.17) is 0 Å². The van der Waals surface area contributed by atoms with Crippen molar-refractivity contribution in [1.82, 2.24) is 0 Å². The molecular formula is C7H13NS. The van der Waals surface area contributed by atoms with Gasteiger partial charge in [0.05, 0.1) is 6.54 Å². The lowest BCUT2D eigenvalue weighted by atomic mass is 9.90. The maximum atomic E-state index is 4.56. The van der Waals surface area contributed by atoms with E-state index in [-0.39, 0.29) is 0 Å². The molecule has 0 heterocycles. The fourth-order valence-corrected chi connectivity index (χ4v) is 1.69. The van der Waals surface area contributed by atoms with Gasteiger partial charge in [-0.2, -0.15) is 0 Å². The van der Waals surface area contributed by atoms with Gasteiger partial charge in [0.25, 0.3) is 0 Å². The van der Waals surface area contributed by atoms with Crippen LogP contribution in [0.25, 0.3) is 0 Å². The van der Waals surface area contributed by atoms with E-state index in [2.05, 4.69) is 16.8 Å². The molecule has 0 bridgehead atoms. The molecule has 52 valence electrons. The Hall–Kier alpha value is 0.0200. The van der Waals surface area contributed by atoms with Crippen molar-refractivity contribution in [3.63, 3.8) is 0 Å². The van der Waals surface area contributed by atoms with Crippen LogP contribution in [0.2, 0.25) is 0 Å². The van der Waals surface area contributed by atoms with Gasteiger partial charge < -0.3 is 0 Å². The summed E-state index contributed by atoms with van der Waals surface area (Å²) in [5.74, 6) is 0.830. The quantitative estimate of drug-likeness (QED) is 0.577. The van der Waals surface area contributed by atoms with E-state index in [1.807, 2.05) is 0 Å². The molecule has 1 aliphatic rings. The molecular weight excluding hydrogens is 130 g/mol. The second-order valence-electron chi connectivity index (χ2n) is 2.82. The predicted octanol–water partition coefficient (Wildman–Crippen LogP) is 2.30. The van der Waals surface area contributed by atoms with E-state index in [1.54, 1.807) is 0 Å². The van der Waals surface area contributed by atoms with Crippen LogP contribution < -0.4 is 0 Å². The van der Waals surface area contributed by atoms with E-state index in [0.717, 1.165) is 12.5 Å². The number of hydrogen-bond acceptors (Lipinski definition) is 2. The van der Waals surface area contributed by atoms with Gasteiger partial charge in [-0.3, -0.25) is 0 Å². The molecule has 9 heavy (non-hydrogen) atoms. The van der Waals surface area contributed by atoms with Crippen LogP contribution in [0.3, 0.4) is 0 Å². The zero-order valence-electron chi connectivity index (χ0n) is 5.68. The number of rotatable bonds is 2. The fraction of sp³-hybridized carbons (Fsp3) is 1.00. The molecule has 1 rings (SSSR count). The first kappa shape index (κ1) is 7.13. The van der Waals surface area contributed by atoms with Gasteiger partial charge >= 0.3 is 0 Å². The molecule has 0 aromatic rings. The molecule has 0 amide bonds. The van der Waals surface area contributed by atoms with Crippen LogP contribution in [0.5, 0.6) is 0 Å². The molecule has 0 N–H and O–H groups in total. The van der Waals surface area contributed by atoms with Crippen LogP contribution >= 0.6 is 0 Å². The van der Waals surface area contributed by atoms with Crippen molar-refractivity contribution in [2.45, 2.75) is 32.1 Å². The van der Waals surface area contributed by atoms with Gasteiger partial charge in [0.2, 0.25) is 0 Å². The lowest BCUT2D eigenvalue weighted by Crippen LogP contribution is -2.08. The van der Waals surface area contributed by atoms with Crippen molar-refractivity contribution in [2.24, 2.45) is 10.3 Å². The van der Waals surface area contributed by atoms with Crippen molar-refractivity contribution in [1.29, 1.82) is 0 Å². The maximum absolute atomic E-state index is 4.56. The van der Waals surface area contributed by atoms with Crippen LogP contribution in [0, 0.1) is 5.92 Å². The van der Waals surface area contributed by atoms with Crippen LogP contribution in [-0.4, -0.2) is 6.54 Å². The summed E-state index contributed by atoms with van der Waals surface area (Å²) in [6.07, 6.45) is 6.94. The lowest BCUT2D eigenvalue weighted by molar-refractivity contribution is 0.368. The monoisotopic (exact) mass is 143 g/mol. The van der Waals surface area contributed by atoms with Crippen molar-refractivity contribution in [3.05, 3.63) is 0 Å². The average molecular weight is 143 g/mol. The SMILES string of the molecule is S=NCC1CCCCC1. The first-order valence-electron chi connectivity index (χ1n) is 3.72. The highest BCUT2D eigenvalue weighted by molar-refractivity contribution is 7.47. The predicted molar refractivity (Wildman–Crippen MR) is 41.2 cm³/mol. The Labute approximate surface area is 62.0 Å². The van der Waals surface area contributed by atoms with Gasteiger partial charge in [-0.15, -0.1) is 0 Å². The summed E-state index contributed by atoms with van der Waals surface area (Å²) >= 11 is 4.56. The smallest absolute Gasteiger partial charge is 0.0549 e. The summed E-state index contributed by atoms with van der Waals surface area (Å²) in [5, 5.41) is 0. The molecule has 0 spiro atoms. The standard InChI is InChI=1S/C7H13NS/c9-8-6-7-4-2-1-3-5-7/h7H,1-6H2. The summed E-state index contributed by atoms with van der Waals surface area (Å²) in [5.41, 5.74) is 0. The van der Waals surface area contributed by atoms with Crippen molar-refractivity contribution >= 4 is 12.4 Å². The van der Waals surface area contributed by atoms with Crippen molar-refractivity contribution in [3.8, 4) is 0 Å². The third-order valence-corrected chi connectivity index (χ3v) is 2.21. The summed E-state index contributed by atoms with van der Waals surface area (Å²) in [7, 11) is 0. The molecule has 1 fully saturated rings. The van der Waals surface area contributed by atoms with E-state index in [1.165, 1.54) is 32.1 Å². The fourth-order valence-electron chi connectivity index (χ4n) is 1.48. The summed E-state index contributed by atoms with van der Waals surface area (Å²) in [6, 6.07) is 0. The van der Waals surface area contributed by atoms with Crippen LogP contribution in [0.15, 0.2) is 4.36 Å². The van der Waals surface area contributed by atoms with Crippen molar-refractivity contribution in [2.75, 3.05) is 6.54 Å². The third kappa shape index (κ3) is 2.39. The second-order valence-corrected chi connectivity index (χ2v) is 3.07. The Morgan fingerprint density at radius 3 is 2.44 bits per heavy atom. The molecule has 1 aliphatic carbocycles. The summed E-state index contributed by atoms with van der Waals surface area (Å²) in [4.78, 5) is 0. The largest absolute Gasteiger partial charge is 0.219 e. The lowest BCUT2D eigenvalue weighted by Gasteiger charge is -2.18. The maximum Gasteiger partial charge on any atom is 0.0549 e. The molecule has 0 unspecified atom stereocenters. The molecule has 1 saturated carbocycles. The molecule has 0 radical (unpaired) electrons. The van der Waals surface area contributed by atoms with Gasteiger partial charge in [-0.1, -0.05) is 19.3 Å². The normalized spacial score (nSPS) is 21.8. The highest BCUT2D eigenvalue weighted by Gasteiger charge is 2.11. The summed E-state index contributed by atoms with van der Waals surface area (Å²) in [6.45, 7) is 0.926. The molecule has 0 aromatic carbocycles. The highest BCUT2D eigenvalue weighted by Crippen LogP contribution is 2.23. The molecule has 0 atom stereocenters. The Morgan fingerprint density at radius 2 is 1.89 bits per heavy atom. The Balaban J connectivity index is 2.15. The van der Waals surface area contributed by atoms with E-state index in [0.29, 0.717) is 0 Å². The Morgan fingerprint density at radius 1 is 1.22 bits per heavy atom. The highest BCUT2D eigenvalue weighted by atomic mass is 32.1. The first-order valence-corrected chi connectivity index (χ1v) is 4.09. The molecule has 0 aliphatic heterocycles. The number of nitrogens with zero attached hydrogens (tertiary/aromatic N) is 1. The van der Waals surface area contributed by atoms with Crippen LogP contribution in [-0.2, 0) is 12.4 Å². The van der Waals surface area contributed by atoms with E-state index in [9.17, 15) is 0 Å². The molecule has 0 aromatic heterocycles. The second kappa shape index (κ2) is 3.94. The molecule has 1 nitrogen and oxygen atoms in total. The van der Waals surface area contributed by atoms with Crippen LogP contribution in [0.1, 0.15) is 32.1 Å². The summed E-state index contributed by atoms with van der Waals surface area (Å²) < 4.78 is 3.74. The average Bonchev–Trinajstić information content (AvgIpc) is 1.91. The van der Waals surface area contributed by atoms with Crippen molar-refractivity contribution < 1.29 is 0 Å². The first-order chi connectivity index (χ1) is 4.43. The van der Waals surface area contributed by atoms with E-state index >= 15 is 0 Å². The molecule has 2 heteroatoms. The Bertz CT molecular complexity index is 86.9. The minimum absolute atomic E-state index is 0.830. The minimum Gasteiger partial charge on any atom is -0.219 e. The topological polar surface area (TPSA) is 12.4 Å².